The molecule has 2 aromatic rings. The molecule has 0 bridgehead atoms. The van der Waals surface area contributed by atoms with Crippen molar-refractivity contribution in [1.29, 1.82) is 0 Å². The van der Waals surface area contributed by atoms with Gasteiger partial charge in [-0.05, 0) is 49.9 Å². The molecule has 1 unspecified atom stereocenters. The Hall–Kier alpha value is -2.29. The van der Waals surface area contributed by atoms with Gasteiger partial charge in [0.1, 0.15) is 5.75 Å². The third-order valence-electron chi connectivity index (χ3n) is 3.95. The highest BCUT2D eigenvalue weighted by Crippen LogP contribution is 2.19. The van der Waals surface area contributed by atoms with Gasteiger partial charge in [-0.3, -0.25) is 4.79 Å². The number of nitrogens with one attached hydrogen (secondary N) is 1. The number of carbonyl (C=O) groups is 1. The fourth-order valence-corrected chi connectivity index (χ4v) is 2.51. The number of hydrogen-bond acceptors (Lipinski definition) is 2. The predicted octanol–water partition coefficient (Wildman–Crippen LogP) is 4.12. The topological polar surface area (TPSA) is 38.3 Å². The van der Waals surface area contributed by atoms with E-state index in [2.05, 4.69) is 36.5 Å². The van der Waals surface area contributed by atoms with Gasteiger partial charge in [0.2, 0.25) is 0 Å². The van der Waals surface area contributed by atoms with Crippen LogP contribution < -0.4 is 10.1 Å². The molecule has 0 aromatic heterocycles. The van der Waals surface area contributed by atoms with Crippen molar-refractivity contribution >= 4 is 5.91 Å². The van der Waals surface area contributed by atoms with Crippen molar-refractivity contribution in [3.8, 4) is 5.75 Å². The van der Waals surface area contributed by atoms with Gasteiger partial charge < -0.3 is 10.1 Å². The first-order chi connectivity index (χ1) is 11.0. The average molecular weight is 311 g/mol. The second-order valence-corrected chi connectivity index (χ2v) is 5.94. The van der Waals surface area contributed by atoms with Crippen LogP contribution in [0.25, 0.3) is 0 Å². The summed E-state index contributed by atoms with van der Waals surface area (Å²) >= 11 is 0. The molecule has 0 spiro atoms. The summed E-state index contributed by atoms with van der Waals surface area (Å²) < 4.78 is 5.61. The van der Waals surface area contributed by atoms with Gasteiger partial charge in [-0.15, -0.1) is 0 Å². The third kappa shape index (κ3) is 4.85. The highest BCUT2D eigenvalue weighted by molar-refractivity contribution is 5.78. The van der Waals surface area contributed by atoms with Gasteiger partial charge in [-0.1, -0.05) is 48.9 Å². The van der Waals surface area contributed by atoms with Gasteiger partial charge in [0.25, 0.3) is 5.91 Å². The molecule has 2 rings (SSSR count). The fraction of sp³-hybridized carbons (Fsp3) is 0.350. The van der Waals surface area contributed by atoms with Crippen LogP contribution in [0, 0.1) is 13.8 Å². The molecule has 1 atom stereocenters. The Balaban J connectivity index is 1.88. The highest BCUT2D eigenvalue weighted by Gasteiger charge is 2.10. The standard InChI is InChI=1S/C20H25NO2/c1-5-17-7-9-18(10-8-17)16(4)21-20(22)13-23-19-11-6-14(2)12-15(19)3/h6-12,16H,5,13H2,1-4H3,(H,21,22). The largest absolute Gasteiger partial charge is 0.484 e. The summed E-state index contributed by atoms with van der Waals surface area (Å²) in [6, 6.07) is 14.2. The molecule has 0 aliphatic carbocycles. The maximum absolute atomic E-state index is 12.1. The lowest BCUT2D eigenvalue weighted by Gasteiger charge is -2.16. The molecular formula is C20H25NO2. The molecule has 1 amide bonds. The number of hydrogen-bond donors (Lipinski definition) is 1. The van der Waals surface area contributed by atoms with Crippen molar-refractivity contribution in [3.63, 3.8) is 0 Å². The SMILES string of the molecule is CCc1ccc(C(C)NC(=O)COc2ccc(C)cc2C)cc1. The fourth-order valence-electron chi connectivity index (χ4n) is 2.51. The van der Waals surface area contributed by atoms with Crippen LogP contribution in [-0.2, 0) is 11.2 Å². The number of carbonyl (C=O) groups excluding carboxylic acids is 1. The summed E-state index contributed by atoms with van der Waals surface area (Å²) in [5.41, 5.74) is 4.62. The number of amides is 1. The normalized spacial score (nSPS) is 11.8. The monoisotopic (exact) mass is 311 g/mol. The van der Waals surface area contributed by atoms with Crippen LogP contribution in [0.1, 0.15) is 42.1 Å². The Bertz CT molecular complexity index is 662. The van der Waals surface area contributed by atoms with Gasteiger partial charge in [0.05, 0.1) is 6.04 Å². The first kappa shape index (κ1) is 17.1. The van der Waals surface area contributed by atoms with Gasteiger partial charge in [0.15, 0.2) is 6.61 Å². The van der Waals surface area contributed by atoms with Gasteiger partial charge >= 0.3 is 0 Å². The zero-order valence-corrected chi connectivity index (χ0v) is 14.3. The van der Waals surface area contributed by atoms with Crippen LogP contribution in [0.2, 0.25) is 0 Å². The van der Waals surface area contributed by atoms with E-state index in [4.69, 9.17) is 4.74 Å². The molecule has 2 aromatic carbocycles. The van der Waals surface area contributed by atoms with E-state index in [1.165, 1.54) is 11.1 Å². The van der Waals surface area contributed by atoms with E-state index in [1.54, 1.807) is 0 Å². The summed E-state index contributed by atoms with van der Waals surface area (Å²) in [5.74, 6) is 0.641. The Morgan fingerprint density at radius 2 is 1.83 bits per heavy atom. The first-order valence-electron chi connectivity index (χ1n) is 8.08. The number of benzene rings is 2. The molecule has 3 heteroatoms. The quantitative estimate of drug-likeness (QED) is 0.871. The van der Waals surface area contributed by atoms with Crippen LogP contribution >= 0.6 is 0 Å². The average Bonchev–Trinajstić information content (AvgIpc) is 2.54. The molecular weight excluding hydrogens is 286 g/mol. The molecule has 0 radical (unpaired) electrons. The predicted molar refractivity (Wildman–Crippen MR) is 93.8 cm³/mol. The number of ether oxygens (including phenoxy) is 1. The number of aryl methyl sites for hydroxylation is 3. The highest BCUT2D eigenvalue weighted by atomic mass is 16.5. The maximum Gasteiger partial charge on any atom is 0.258 e. The molecule has 0 fully saturated rings. The van der Waals surface area contributed by atoms with Crippen molar-refractivity contribution in [2.45, 2.75) is 40.2 Å². The van der Waals surface area contributed by atoms with E-state index in [0.29, 0.717) is 0 Å². The van der Waals surface area contributed by atoms with E-state index in [0.717, 1.165) is 23.3 Å². The molecule has 1 N–H and O–H groups in total. The Morgan fingerprint density at radius 3 is 2.43 bits per heavy atom. The van der Waals surface area contributed by atoms with E-state index in [9.17, 15) is 4.79 Å². The van der Waals surface area contributed by atoms with E-state index in [1.807, 2.05) is 39.0 Å². The zero-order chi connectivity index (χ0) is 16.8. The molecule has 3 nitrogen and oxygen atoms in total. The lowest BCUT2D eigenvalue weighted by Crippen LogP contribution is -2.31. The molecule has 0 saturated heterocycles. The van der Waals surface area contributed by atoms with Crippen molar-refractivity contribution in [1.82, 2.24) is 5.32 Å². The van der Waals surface area contributed by atoms with Gasteiger partial charge in [0, 0.05) is 0 Å². The van der Waals surface area contributed by atoms with Crippen LogP contribution in [0.4, 0.5) is 0 Å². The van der Waals surface area contributed by atoms with Crippen LogP contribution in [-0.4, -0.2) is 12.5 Å². The summed E-state index contributed by atoms with van der Waals surface area (Å²) in [5, 5.41) is 2.97. The second-order valence-electron chi connectivity index (χ2n) is 5.94. The van der Waals surface area contributed by atoms with E-state index >= 15 is 0 Å². The summed E-state index contributed by atoms with van der Waals surface area (Å²) in [7, 11) is 0. The zero-order valence-electron chi connectivity index (χ0n) is 14.3. The molecule has 23 heavy (non-hydrogen) atoms. The minimum Gasteiger partial charge on any atom is -0.484 e. The van der Waals surface area contributed by atoms with Crippen LogP contribution in [0.3, 0.4) is 0 Å². The van der Waals surface area contributed by atoms with Crippen molar-refractivity contribution in [2.75, 3.05) is 6.61 Å². The second kappa shape index (κ2) is 7.82. The van der Waals surface area contributed by atoms with Crippen molar-refractivity contribution < 1.29 is 9.53 Å². The van der Waals surface area contributed by atoms with Gasteiger partial charge in [-0.25, -0.2) is 0 Å². The molecule has 0 saturated carbocycles. The summed E-state index contributed by atoms with van der Waals surface area (Å²) in [6.07, 6.45) is 1.02. The lowest BCUT2D eigenvalue weighted by molar-refractivity contribution is -0.123. The van der Waals surface area contributed by atoms with Gasteiger partial charge in [-0.2, -0.15) is 0 Å². The summed E-state index contributed by atoms with van der Waals surface area (Å²) in [6.45, 7) is 8.16. The minimum atomic E-state index is -0.114. The maximum atomic E-state index is 12.1. The minimum absolute atomic E-state index is 0.0291. The smallest absolute Gasteiger partial charge is 0.258 e. The molecule has 0 aliphatic rings. The lowest BCUT2D eigenvalue weighted by atomic mass is 10.1. The van der Waals surface area contributed by atoms with Crippen LogP contribution in [0.5, 0.6) is 5.75 Å². The Kier molecular flexibility index (Phi) is 5.80. The molecule has 122 valence electrons. The Labute approximate surface area is 138 Å². The number of rotatable bonds is 6. The van der Waals surface area contributed by atoms with Crippen molar-refractivity contribution in [3.05, 3.63) is 64.7 Å². The first-order valence-corrected chi connectivity index (χ1v) is 8.08. The Morgan fingerprint density at radius 1 is 1.13 bits per heavy atom. The van der Waals surface area contributed by atoms with Crippen molar-refractivity contribution in [2.24, 2.45) is 0 Å². The molecule has 0 heterocycles. The van der Waals surface area contributed by atoms with E-state index in [-0.39, 0.29) is 18.6 Å². The summed E-state index contributed by atoms with van der Waals surface area (Å²) in [4.78, 5) is 12.1. The third-order valence-corrected chi connectivity index (χ3v) is 3.95. The van der Waals surface area contributed by atoms with Crippen LogP contribution in [0.15, 0.2) is 42.5 Å². The van der Waals surface area contributed by atoms with E-state index < -0.39 is 0 Å². The molecule has 0 aliphatic heterocycles.